The van der Waals surface area contributed by atoms with Crippen LogP contribution in [0.2, 0.25) is 0 Å². The maximum absolute atomic E-state index is 12.9. The molecule has 0 radical (unpaired) electrons. The highest BCUT2D eigenvalue weighted by Gasteiger charge is 2.27. The number of carbonyl (C=O) groups is 1. The second-order valence-electron chi connectivity index (χ2n) is 7.64. The van der Waals surface area contributed by atoms with E-state index in [4.69, 9.17) is 4.74 Å². The number of sulfonamides is 1. The third-order valence-electron chi connectivity index (χ3n) is 4.95. The average Bonchev–Trinajstić information content (AvgIpc) is 2.66. The van der Waals surface area contributed by atoms with Crippen LogP contribution in [0.25, 0.3) is 0 Å². The van der Waals surface area contributed by atoms with Crippen LogP contribution in [-0.4, -0.2) is 39.4 Å². The number of amides is 1. The molecule has 1 amide bonds. The highest BCUT2D eigenvalue weighted by atomic mass is 79.9. The molecule has 2 unspecified atom stereocenters. The van der Waals surface area contributed by atoms with Crippen molar-refractivity contribution in [2.24, 2.45) is 11.8 Å². The third kappa shape index (κ3) is 5.11. The van der Waals surface area contributed by atoms with Crippen LogP contribution in [0.5, 0.6) is 5.75 Å². The molecule has 3 rings (SSSR count). The van der Waals surface area contributed by atoms with Crippen molar-refractivity contribution in [1.29, 1.82) is 0 Å². The number of nitrogens with zero attached hydrogens (tertiary/aromatic N) is 1. The van der Waals surface area contributed by atoms with Gasteiger partial charge < -0.3 is 9.64 Å². The summed E-state index contributed by atoms with van der Waals surface area (Å²) in [5.41, 5.74) is 0.776. The number of nitrogens with one attached hydrogen (secondary N) is 1. The summed E-state index contributed by atoms with van der Waals surface area (Å²) < 4.78 is 34.0. The first-order chi connectivity index (χ1) is 13.7. The number of methoxy groups -OCH3 is 1. The predicted octanol–water partition coefficient (Wildman–Crippen LogP) is 4.38. The first kappa shape index (κ1) is 21.6. The number of ether oxygens (including phenoxy) is 1. The van der Waals surface area contributed by atoms with E-state index in [9.17, 15) is 13.2 Å². The molecule has 1 fully saturated rings. The molecule has 1 heterocycles. The zero-order chi connectivity index (χ0) is 21.2. The minimum Gasteiger partial charge on any atom is -0.496 e. The first-order valence-electron chi connectivity index (χ1n) is 9.45. The smallest absolute Gasteiger partial charge is 0.261 e. The molecule has 8 heteroatoms. The van der Waals surface area contributed by atoms with Gasteiger partial charge in [-0.25, -0.2) is 8.42 Å². The maximum atomic E-state index is 12.9. The van der Waals surface area contributed by atoms with Gasteiger partial charge in [0.15, 0.2) is 0 Å². The van der Waals surface area contributed by atoms with Gasteiger partial charge in [0.05, 0.1) is 22.2 Å². The van der Waals surface area contributed by atoms with Gasteiger partial charge in [-0.3, -0.25) is 9.52 Å². The number of piperidine rings is 1. The molecule has 0 aliphatic carbocycles. The quantitative estimate of drug-likeness (QED) is 0.688. The van der Waals surface area contributed by atoms with Gasteiger partial charge in [0.2, 0.25) is 0 Å². The molecule has 0 bridgehead atoms. The highest BCUT2D eigenvalue weighted by Crippen LogP contribution is 2.29. The van der Waals surface area contributed by atoms with E-state index in [1.165, 1.54) is 19.2 Å². The summed E-state index contributed by atoms with van der Waals surface area (Å²) in [7, 11) is -2.30. The molecule has 2 aromatic carbocycles. The summed E-state index contributed by atoms with van der Waals surface area (Å²) in [6.07, 6.45) is 1.10. The average molecular weight is 481 g/mol. The molecule has 0 aromatic heterocycles. The molecule has 0 saturated carbocycles. The zero-order valence-corrected chi connectivity index (χ0v) is 19.1. The number of rotatable bonds is 5. The molecule has 2 atom stereocenters. The van der Waals surface area contributed by atoms with E-state index >= 15 is 0 Å². The predicted molar refractivity (Wildman–Crippen MR) is 117 cm³/mol. The maximum Gasteiger partial charge on any atom is 0.261 e. The van der Waals surface area contributed by atoms with Gasteiger partial charge in [-0.2, -0.15) is 0 Å². The van der Waals surface area contributed by atoms with E-state index in [1.807, 2.05) is 4.90 Å². The molecular weight excluding hydrogens is 456 g/mol. The topological polar surface area (TPSA) is 75.7 Å². The molecule has 0 spiro atoms. The molecule has 6 nitrogen and oxygen atoms in total. The SMILES string of the molecule is COc1ccc(NS(=O)(=O)c2cccc(C(=O)N3CC(C)CC(C)C3)c2)cc1Br. The van der Waals surface area contributed by atoms with E-state index in [-0.39, 0.29) is 10.8 Å². The summed E-state index contributed by atoms with van der Waals surface area (Å²) in [6.45, 7) is 5.65. The number of benzene rings is 2. The van der Waals surface area contributed by atoms with Gasteiger partial charge in [-0.1, -0.05) is 19.9 Å². The van der Waals surface area contributed by atoms with Gasteiger partial charge >= 0.3 is 0 Å². The lowest BCUT2D eigenvalue weighted by atomic mass is 9.91. The first-order valence-corrected chi connectivity index (χ1v) is 11.7. The van der Waals surface area contributed by atoms with Crippen molar-refractivity contribution in [2.75, 3.05) is 24.9 Å². The Hall–Kier alpha value is -2.06. The van der Waals surface area contributed by atoms with Gasteiger partial charge in [0, 0.05) is 18.7 Å². The van der Waals surface area contributed by atoms with Crippen LogP contribution in [0.1, 0.15) is 30.6 Å². The van der Waals surface area contributed by atoms with Crippen LogP contribution in [0.4, 0.5) is 5.69 Å². The minimum absolute atomic E-state index is 0.0494. The van der Waals surface area contributed by atoms with E-state index in [2.05, 4.69) is 34.5 Å². The Morgan fingerprint density at radius 2 is 1.83 bits per heavy atom. The molecule has 29 heavy (non-hydrogen) atoms. The van der Waals surface area contributed by atoms with Crippen LogP contribution in [0.3, 0.4) is 0 Å². The van der Waals surface area contributed by atoms with Gasteiger partial charge in [-0.15, -0.1) is 0 Å². The van der Waals surface area contributed by atoms with Crippen LogP contribution in [0.15, 0.2) is 51.8 Å². The number of anilines is 1. The fraction of sp³-hybridized carbons (Fsp3) is 0.381. The summed E-state index contributed by atoms with van der Waals surface area (Å²) in [5.74, 6) is 1.34. The lowest BCUT2D eigenvalue weighted by Gasteiger charge is -2.35. The van der Waals surface area contributed by atoms with Crippen LogP contribution in [-0.2, 0) is 10.0 Å². The molecule has 1 aliphatic heterocycles. The lowest BCUT2D eigenvalue weighted by Crippen LogP contribution is -2.42. The Morgan fingerprint density at radius 1 is 1.14 bits per heavy atom. The van der Waals surface area contributed by atoms with Crippen molar-refractivity contribution in [3.63, 3.8) is 0 Å². The molecule has 1 saturated heterocycles. The lowest BCUT2D eigenvalue weighted by molar-refractivity contribution is 0.0623. The Kier molecular flexibility index (Phi) is 6.53. The highest BCUT2D eigenvalue weighted by molar-refractivity contribution is 9.10. The fourth-order valence-electron chi connectivity index (χ4n) is 3.75. The minimum atomic E-state index is -3.84. The van der Waals surface area contributed by atoms with Crippen molar-refractivity contribution in [1.82, 2.24) is 4.90 Å². The normalized spacial score (nSPS) is 19.7. The zero-order valence-electron chi connectivity index (χ0n) is 16.7. The van der Waals surface area contributed by atoms with Gasteiger partial charge in [0.25, 0.3) is 15.9 Å². The van der Waals surface area contributed by atoms with Crippen molar-refractivity contribution < 1.29 is 17.9 Å². The molecule has 156 valence electrons. The van der Waals surface area contributed by atoms with E-state index in [0.717, 1.165) is 6.42 Å². The summed E-state index contributed by atoms with van der Waals surface area (Å²) in [5, 5.41) is 0. The van der Waals surface area contributed by atoms with E-state index in [1.54, 1.807) is 30.3 Å². The number of halogens is 1. The molecule has 1 N–H and O–H groups in total. The second kappa shape index (κ2) is 8.75. The Morgan fingerprint density at radius 3 is 2.45 bits per heavy atom. The Balaban J connectivity index is 1.82. The monoisotopic (exact) mass is 480 g/mol. The number of hydrogen-bond donors (Lipinski definition) is 1. The third-order valence-corrected chi connectivity index (χ3v) is 6.95. The van der Waals surface area contributed by atoms with Gasteiger partial charge in [0.1, 0.15) is 5.75 Å². The van der Waals surface area contributed by atoms with Crippen LogP contribution >= 0.6 is 15.9 Å². The van der Waals surface area contributed by atoms with Crippen molar-refractivity contribution >= 4 is 37.5 Å². The summed E-state index contributed by atoms with van der Waals surface area (Å²) in [6, 6.07) is 11.1. The molecular formula is C21H25BrN2O4S. The Bertz CT molecular complexity index is 999. The number of likely N-dealkylation sites (tertiary alicyclic amines) is 1. The number of hydrogen-bond acceptors (Lipinski definition) is 4. The van der Waals surface area contributed by atoms with Crippen LogP contribution < -0.4 is 9.46 Å². The standard InChI is InChI=1S/C21H25BrN2O4S/c1-14-9-15(2)13-24(12-14)21(25)16-5-4-6-18(10-16)29(26,27)23-17-7-8-20(28-3)19(22)11-17/h4-8,10-11,14-15,23H,9,12-13H2,1-3H3. The van der Waals surface area contributed by atoms with Crippen molar-refractivity contribution in [3.05, 3.63) is 52.5 Å². The largest absolute Gasteiger partial charge is 0.496 e. The summed E-state index contributed by atoms with van der Waals surface area (Å²) >= 11 is 3.35. The second-order valence-corrected chi connectivity index (χ2v) is 10.2. The Labute approximate surface area is 180 Å². The molecule has 2 aromatic rings. The van der Waals surface area contributed by atoms with Crippen molar-refractivity contribution in [2.45, 2.75) is 25.2 Å². The number of carbonyl (C=O) groups excluding carboxylic acids is 1. The fourth-order valence-corrected chi connectivity index (χ4v) is 5.39. The van der Waals surface area contributed by atoms with Crippen molar-refractivity contribution in [3.8, 4) is 5.75 Å². The van der Waals surface area contributed by atoms with Crippen LogP contribution in [0, 0.1) is 11.8 Å². The summed E-state index contributed by atoms with van der Waals surface area (Å²) in [4.78, 5) is 14.8. The van der Waals surface area contributed by atoms with Gasteiger partial charge in [-0.05, 0) is 70.6 Å². The molecule has 1 aliphatic rings. The van der Waals surface area contributed by atoms with E-state index in [0.29, 0.717) is 46.4 Å². The van der Waals surface area contributed by atoms with E-state index < -0.39 is 10.0 Å².